The van der Waals surface area contributed by atoms with E-state index in [2.05, 4.69) is 46.4 Å². The second kappa shape index (κ2) is 5.90. The normalized spacial score (nSPS) is 17.2. The minimum Gasteiger partial charge on any atom is -0.358 e. The number of likely N-dealkylation sites (N-methyl/N-ethyl adjacent to an activating group) is 1. The summed E-state index contributed by atoms with van der Waals surface area (Å²) in [5, 5.41) is 4.06. The lowest BCUT2D eigenvalue weighted by atomic mass is 9.87. The van der Waals surface area contributed by atoms with Gasteiger partial charge in [-0.3, -0.25) is 9.69 Å². The van der Waals surface area contributed by atoms with Gasteiger partial charge in [-0.15, -0.1) is 0 Å². The number of carbonyl (C=O) groups is 1. The highest BCUT2D eigenvalue weighted by atomic mass is 16.1. The van der Waals surface area contributed by atoms with Gasteiger partial charge in [-0.1, -0.05) is 18.2 Å². The Kier molecular flexibility index (Phi) is 3.97. The largest absolute Gasteiger partial charge is 0.358 e. The van der Waals surface area contributed by atoms with Gasteiger partial charge in [0.1, 0.15) is 0 Å². The van der Waals surface area contributed by atoms with Crippen LogP contribution in [0.5, 0.6) is 0 Å². The highest BCUT2D eigenvalue weighted by Crippen LogP contribution is 2.35. The van der Waals surface area contributed by atoms with Crippen LogP contribution in [0.1, 0.15) is 30.0 Å². The van der Waals surface area contributed by atoms with E-state index in [0.717, 1.165) is 25.9 Å². The Morgan fingerprint density at radius 2 is 2.05 bits per heavy atom. The van der Waals surface area contributed by atoms with Gasteiger partial charge in [0.2, 0.25) is 5.91 Å². The van der Waals surface area contributed by atoms with Gasteiger partial charge < -0.3 is 10.3 Å². The predicted molar refractivity (Wildman–Crippen MR) is 85.5 cm³/mol. The smallest absolute Gasteiger partial charge is 0.233 e. The maximum Gasteiger partial charge on any atom is 0.233 e. The summed E-state index contributed by atoms with van der Waals surface area (Å²) in [6, 6.07) is 8.55. The SMILES string of the molecule is CNC(=O)CN1CCC(c2c(C)[nH]c3ccccc23)CC1. The molecule has 21 heavy (non-hydrogen) atoms. The van der Waals surface area contributed by atoms with Crippen molar-refractivity contribution in [3.8, 4) is 0 Å². The van der Waals surface area contributed by atoms with E-state index in [4.69, 9.17) is 0 Å². The van der Waals surface area contributed by atoms with Crippen LogP contribution >= 0.6 is 0 Å². The standard InChI is InChI=1S/C17H23N3O/c1-12-17(14-5-3-4-6-15(14)19-12)13-7-9-20(10-8-13)11-16(21)18-2/h3-6,13,19H,7-11H2,1-2H3,(H,18,21). The molecule has 0 unspecified atom stereocenters. The van der Waals surface area contributed by atoms with Crippen LogP contribution in [-0.4, -0.2) is 42.5 Å². The van der Waals surface area contributed by atoms with E-state index >= 15 is 0 Å². The van der Waals surface area contributed by atoms with Crippen molar-refractivity contribution >= 4 is 16.8 Å². The van der Waals surface area contributed by atoms with Crippen molar-refractivity contribution in [3.05, 3.63) is 35.5 Å². The predicted octanol–water partition coefficient (Wildman–Crippen LogP) is 2.40. The molecule has 0 radical (unpaired) electrons. The van der Waals surface area contributed by atoms with Crippen LogP contribution in [0, 0.1) is 6.92 Å². The van der Waals surface area contributed by atoms with E-state index in [1.54, 1.807) is 7.05 Å². The number of aromatic amines is 1. The van der Waals surface area contributed by atoms with Gasteiger partial charge in [0.15, 0.2) is 0 Å². The average Bonchev–Trinajstić information content (AvgIpc) is 2.84. The second-order valence-electron chi connectivity index (χ2n) is 5.93. The molecule has 1 aromatic heterocycles. The third-order valence-electron chi connectivity index (χ3n) is 4.59. The number of amides is 1. The molecule has 0 spiro atoms. The molecule has 0 aliphatic carbocycles. The molecule has 0 bridgehead atoms. The lowest BCUT2D eigenvalue weighted by Gasteiger charge is -2.31. The second-order valence-corrected chi connectivity index (χ2v) is 5.93. The summed E-state index contributed by atoms with van der Waals surface area (Å²) in [5.41, 5.74) is 4.00. The van der Waals surface area contributed by atoms with Gasteiger partial charge in [0, 0.05) is 23.6 Å². The zero-order valence-electron chi connectivity index (χ0n) is 12.8. The number of benzene rings is 1. The van der Waals surface area contributed by atoms with Gasteiger partial charge in [0.25, 0.3) is 0 Å². The summed E-state index contributed by atoms with van der Waals surface area (Å²) in [6.07, 6.45) is 2.25. The summed E-state index contributed by atoms with van der Waals surface area (Å²) in [6.45, 7) is 4.69. The maximum absolute atomic E-state index is 11.5. The molecule has 0 atom stereocenters. The summed E-state index contributed by atoms with van der Waals surface area (Å²) in [5.74, 6) is 0.707. The van der Waals surface area contributed by atoms with Crippen LogP contribution < -0.4 is 5.32 Å². The first-order valence-electron chi connectivity index (χ1n) is 7.69. The quantitative estimate of drug-likeness (QED) is 0.910. The first-order valence-corrected chi connectivity index (χ1v) is 7.69. The number of hydrogen-bond acceptors (Lipinski definition) is 2. The van der Waals surface area contributed by atoms with Gasteiger partial charge in [-0.2, -0.15) is 0 Å². The summed E-state index contributed by atoms with van der Waals surface area (Å²) >= 11 is 0. The molecular weight excluding hydrogens is 262 g/mol. The van der Waals surface area contributed by atoms with E-state index < -0.39 is 0 Å². The molecule has 2 heterocycles. The van der Waals surface area contributed by atoms with Gasteiger partial charge in [0.05, 0.1) is 6.54 Å². The number of rotatable bonds is 3. The fourth-order valence-electron chi connectivity index (χ4n) is 3.49. The Bertz CT molecular complexity index is 639. The van der Waals surface area contributed by atoms with Gasteiger partial charge >= 0.3 is 0 Å². The Balaban J connectivity index is 1.74. The number of nitrogens with one attached hydrogen (secondary N) is 2. The molecule has 3 rings (SSSR count). The first kappa shape index (κ1) is 14.1. The molecule has 1 amide bonds. The van der Waals surface area contributed by atoms with E-state index in [-0.39, 0.29) is 5.91 Å². The lowest BCUT2D eigenvalue weighted by molar-refractivity contribution is -0.122. The van der Waals surface area contributed by atoms with Crippen molar-refractivity contribution in [2.45, 2.75) is 25.7 Å². The zero-order valence-corrected chi connectivity index (χ0v) is 12.8. The van der Waals surface area contributed by atoms with Crippen molar-refractivity contribution in [2.75, 3.05) is 26.7 Å². The molecule has 1 aliphatic rings. The Morgan fingerprint density at radius 1 is 1.33 bits per heavy atom. The third kappa shape index (κ3) is 2.81. The van der Waals surface area contributed by atoms with Crippen LogP contribution in [0.15, 0.2) is 24.3 Å². The van der Waals surface area contributed by atoms with Crippen LogP contribution in [-0.2, 0) is 4.79 Å². The van der Waals surface area contributed by atoms with E-state index in [9.17, 15) is 4.79 Å². The third-order valence-corrected chi connectivity index (χ3v) is 4.59. The number of nitrogens with zero attached hydrogens (tertiary/aromatic N) is 1. The van der Waals surface area contributed by atoms with E-state index in [1.807, 2.05) is 0 Å². The highest BCUT2D eigenvalue weighted by Gasteiger charge is 2.25. The lowest BCUT2D eigenvalue weighted by Crippen LogP contribution is -2.40. The molecular formula is C17H23N3O. The minimum absolute atomic E-state index is 0.108. The molecule has 4 nitrogen and oxygen atoms in total. The molecule has 2 N–H and O–H groups in total. The van der Waals surface area contributed by atoms with Crippen LogP contribution in [0.2, 0.25) is 0 Å². The topological polar surface area (TPSA) is 48.1 Å². The molecule has 1 aliphatic heterocycles. The van der Waals surface area contributed by atoms with Crippen molar-refractivity contribution in [3.63, 3.8) is 0 Å². The number of likely N-dealkylation sites (tertiary alicyclic amines) is 1. The molecule has 0 saturated carbocycles. The molecule has 1 fully saturated rings. The molecule has 1 saturated heterocycles. The van der Waals surface area contributed by atoms with E-state index in [1.165, 1.54) is 22.2 Å². The first-order chi connectivity index (χ1) is 10.2. The molecule has 4 heteroatoms. The molecule has 112 valence electrons. The van der Waals surface area contributed by atoms with Gasteiger partial charge in [-0.25, -0.2) is 0 Å². The van der Waals surface area contributed by atoms with E-state index in [0.29, 0.717) is 12.5 Å². The Labute approximate surface area is 125 Å². The zero-order chi connectivity index (χ0) is 14.8. The number of hydrogen-bond donors (Lipinski definition) is 2. The van der Waals surface area contributed by atoms with Crippen molar-refractivity contribution in [1.82, 2.24) is 15.2 Å². The number of H-pyrrole nitrogens is 1. The monoisotopic (exact) mass is 285 g/mol. The van der Waals surface area contributed by atoms with Crippen LogP contribution in [0.25, 0.3) is 10.9 Å². The number of aromatic nitrogens is 1. The highest BCUT2D eigenvalue weighted by molar-refractivity contribution is 5.85. The fourth-order valence-corrected chi connectivity index (χ4v) is 3.49. The number of para-hydroxylation sites is 1. The summed E-state index contributed by atoms with van der Waals surface area (Å²) in [7, 11) is 1.70. The summed E-state index contributed by atoms with van der Waals surface area (Å²) < 4.78 is 0. The number of fused-ring (bicyclic) bond motifs is 1. The number of aryl methyl sites for hydroxylation is 1. The van der Waals surface area contributed by atoms with Crippen molar-refractivity contribution in [2.24, 2.45) is 0 Å². The average molecular weight is 285 g/mol. The van der Waals surface area contributed by atoms with Gasteiger partial charge in [-0.05, 0) is 50.4 Å². The Hall–Kier alpha value is -1.81. The summed E-state index contributed by atoms with van der Waals surface area (Å²) in [4.78, 5) is 17.2. The van der Waals surface area contributed by atoms with Crippen molar-refractivity contribution < 1.29 is 4.79 Å². The maximum atomic E-state index is 11.5. The fraction of sp³-hybridized carbons (Fsp3) is 0.471. The number of carbonyl (C=O) groups excluding carboxylic acids is 1. The van der Waals surface area contributed by atoms with Crippen molar-refractivity contribution in [1.29, 1.82) is 0 Å². The minimum atomic E-state index is 0.108. The van der Waals surface area contributed by atoms with Crippen LogP contribution in [0.4, 0.5) is 0 Å². The molecule has 2 aromatic rings. The van der Waals surface area contributed by atoms with Crippen LogP contribution in [0.3, 0.4) is 0 Å². The number of piperidine rings is 1. The molecule has 1 aromatic carbocycles. The Morgan fingerprint density at radius 3 is 2.76 bits per heavy atom.